The molecule has 0 saturated heterocycles. The van der Waals surface area contributed by atoms with E-state index in [9.17, 15) is 4.79 Å². The molecule has 0 saturated carbocycles. The molecule has 1 N–H and O–H groups in total. The largest absolute Gasteiger partial charge is 0.497 e. The van der Waals surface area contributed by atoms with Gasteiger partial charge in [0.15, 0.2) is 0 Å². The maximum Gasteiger partial charge on any atom is 0.246 e. The molecule has 1 amide bonds. The van der Waals surface area contributed by atoms with E-state index in [1.54, 1.807) is 45.2 Å². The molecule has 1 unspecified atom stereocenters. The fourth-order valence-corrected chi connectivity index (χ4v) is 1.56. The molecule has 0 aliphatic rings. The second-order valence-electron chi connectivity index (χ2n) is 4.38. The molecule has 7 heteroatoms. The summed E-state index contributed by atoms with van der Waals surface area (Å²) >= 11 is 17.5. The number of methoxy groups -OCH3 is 1. The highest BCUT2D eigenvalue weighted by Crippen LogP contribution is 2.32. The van der Waals surface area contributed by atoms with Crippen LogP contribution in [0.5, 0.6) is 11.5 Å². The average molecular weight is 341 g/mol. The lowest BCUT2D eigenvalue weighted by molar-refractivity contribution is -0.126. The number of hydrogen-bond acceptors (Lipinski definition) is 3. The van der Waals surface area contributed by atoms with Crippen molar-refractivity contribution in [2.75, 3.05) is 7.11 Å². The summed E-state index contributed by atoms with van der Waals surface area (Å²) in [6.07, 6.45) is -1.09. The topological polar surface area (TPSA) is 47.6 Å². The summed E-state index contributed by atoms with van der Waals surface area (Å²) in [5, 5.41) is 2.55. The van der Waals surface area contributed by atoms with Gasteiger partial charge in [0.2, 0.25) is 15.9 Å². The van der Waals surface area contributed by atoms with Crippen molar-refractivity contribution in [3.63, 3.8) is 0 Å². The van der Waals surface area contributed by atoms with E-state index in [1.807, 2.05) is 0 Å². The number of carbonyl (C=O) groups excluding carboxylic acids is 1. The smallest absolute Gasteiger partial charge is 0.246 e. The highest BCUT2D eigenvalue weighted by Gasteiger charge is 2.36. The van der Waals surface area contributed by atoms with E-state index < -0.39 is 10.0 Å². The molecular formula is C13H16Cl3NO3. The van der Waals surface area contributed by atoms with Crippen molar-refractivity contribution in [3.05, 3.63) is 24.3 Å². The molecule has 0 aromatic heterocycles. The van der Waals surface area contributed by atoms with Gasteiger partial charge in [0.25, 0.3) is 0 Å². The third kappa shape index (κ3) is 5.27. The molecule has 0 radical (unpaired) electrons. The lowest BCUT2D eigenvalue weighted by Gasteiger charge is -2.27. The van der Waals surface area contributed by atoms with Crippen LogP contribution in [0.1, 0.15) is 13.8 Å². The Morgan fingerprint density at radius 2 is 1.65 bits per heavy atom. The summed E-state index contributed by atoms with van der Waals surface area (Å²) in [6.45, 7) is 3.47. The van der Waals surface area contributed by atoms with Gasteiger partial charge >= 0.3 is 0 Å². The Balaban J connectivity index is 2.81. The highest BCUT2D eigenvalue weighted by atomic mass is 35.6. The third-order valence-electron chi connectivity index (χ3n) is 2.41. The van der Waals surface area contributed by atoms with Crippen molar-refractivity contribution in [1.29, 1.82) is 0 Å². The number of alkyl halides is 3. The molecule has 0 aliphatic heterocycles. The van der Waals surface area contributed by atoms with Gasteiger partial charge in [-0.2, -0.15) is 0 Å². The Hall–Kier alpha value is -0.840. The summed E-state index contributed by atoms with van der Waals surface area (Å²) < 4.78 is 8.76. The van der Waals surface area contributed by atoms with Gasteiger partial charge in [-0.15, -0.1) is 0 Å². The van der Waals surface area contributed by atoms with Crippen molar-refractivity contribution in [2.45, 2.75) is 23.9 Å². The van der Waals surface area contributed by atoms with Gasteiger partial charge in [-0.1, -0.05) is 48.7 Å². The van der Waals surface area contributed by atoms with E-state index in [2.05, 4.69) is 5.32 Å². The van der Waals surface area contributed by atoms with Crippen LogP contribution in [0, 0.1) is 5.92 Å². The summed E-state index contributed by atoms with van der Waals surface area (Å²) in [7, 11) is 1.56. The minimum Gasteiger partial charge on any atom is -0.497 e. The third-order valence-corrected chi connectivity index (χ3v) is 3.00. The van der Waals surface area contributed by atoms with Gasteiger partial charge in [0.1, 0.15) is 11.5 Å². The first kappa shape index (κ1) is 17.2. The number of hydrogen-bond donors (Lipinski definition) is 1. The Labute approximate surface area is 133 Å². The maximum atomic E-state index is 11.7. The number of carbonyl (C=O) groups is 1. The second kappa shape index (κ2) is 7.25. The van der Waals surface area contributed by atoms with E-state index in [-0.39, 0.29) is 11.8 Å². The minimum atomic E-state index is -1.79. The van der Waals surface area contributed by atoms with Crippen LogP contribution in [0.4, 0.5) is 0 Å². The molecule has 0 spiro atoms. The van der Waals surface area contributed by atoms with Crippen molar-refractivity contribution in [1.82, 2.24) is 5.32 Å². The predicted octanol–water partition coefficient (Wildman–Crippen LogP) is 3.54. The molecule has 0 heterocycles. The number of rotatable bonds is 5. The first-order valence-electron chi connectivity index (χ1n) is 5.92. The molecule has 112 valence electrons. The Kier molecular flexibility index (Phi) is 6.24. The number of ether oxygens (including phenoxy) is 2. The van der Waals surface area contributed by atoms with Crippen molar-refractivity contribution in [2.24, 2.45) is 5.92 Å². The second-order valence-corrected chi connectivity index (χ2v) is 6.75. The van der Waals surface area contributed by atoms with Gasteiger partial charge < -0.3 is 14.8 Å². The summed E-state index contributed by atoms with van der Waals surface area (Å²) in [5.41, 5.74) is 0. The summed E-state index contributed by atoms with van der Waals surface area (Å²) in [4.78, 5) is 11.7. The van der Waals surface area contributed by atoms with E-state index in [0.29, 0.717) is 11.5 Å². The van der Waals surface area contributed by atoms with Gasteiger partial charge in [-0.25, -0.2) is 0 Å². The van der Waals surface area contributed by atoms with Crippen LogP contribution in [0.3, 0.4) is 0 Å². The van der Waals surface area contributed by atoms with Crippen LogP contribution in [0.2, 0.25) is 0 Å². The molecule has 4 nitrogen and oxygen atoms in total. The number of halogens is 3. The van der Waals surface area contributed by atoms with Crippen LogP contribution < -0.4 is 14.8 Å². The molecule has 1 rings (SSSR count). The molecule has 0 aliphatic carbocycles. The normalized spacial score (nSPS) is 12.9. The SMILES string of the molecule is COc1ccc(OC(NC(=O)C(C)C)C(Cl)(Cl)Cl)cc1. The lowest BCUT2D eigenvalue weighted by atomic mass is 10.2. The van der Waals surface area contributed by atoms with Gasteiger partial charge in [-0.3, -0.25) is 4.79 Å². The zero-order valence-corrected chi connectivity index (χ0v) is 13.6. The maximum absolute atomic E-state index is 11.7. The van der Waals surface area contributed by atoms with Crippen molar-refractivity contribution < 1.29 is 14.3 Å². The van der Waals surface area contributed by atoms with E-state index in [0.717, 1.165) is 0 Å². The number of nitrogens with one attached hydrogen (secondary N) is 1. The van der Waals surface area contributed by atoms with Gasteiger partial charge in [0, 0.05) is 5.92 Å². The zero-order valence-electron chi connectivity index (χ0n) is 11.3. The van der Waals surface area contributed by atoms with Gasteiger partial charge in [0.05, 0.1) is 7.11 Å². The predicted molar refractivity (Wildman–Crippen MR) is 80.7 cm³/mol. The van der Waals surface area contributed by atoms with Crippen LogP contribution >= 0.6 is 34.8 Å². The fraction of sp³-hybridized carbons (Fsp3) is 0.462. The molecule has 1 aromatic carbocycles. The van der Waals surface area contributed by atoms with Crippen molar-refractivity contribution >= 4 is 40.7 Å². The number of amides is 1. The summed E-state index contributed by atoms with van der Waals surface area (Å²) in [6, 6.07) is 6.72. The standard InChI is InChI=1S/C13H16Cl3NO3/c1-8(2)11(18)17-12(13(14,15)16)20-10-6-4-9(19-3)5-7-10/h4-8,12H,1-3H3,(H,17,18). The molecule has 1 atom stereocenters. The van der Waals surface area contributed by atoms with E-state index in [4.69, 9.17) is 44.3 Å². The van der Waals surface area contributed by atoms with Crippen LogP contribution in [-0.4, -0.2) is 23.0 Å². The molecule has 0 fully saturated rings. The monoisotopic (exact) mass is 339 g/mol. The van der Waals surface area contributed by atoms with Crippen LogP contribution in [-0.2, 0) is 4.79 Å². The lowest BCUT2D eigenvalue weighted by Crippen LogP contribution is -2.49. The van der Waals surface area contributed by atoms with E-state index >= 15 is 0 Å². The molecule has 20 heavy (non-hydrogen) atoms. The molecule has 0 bridgehead atoms. The first-order chi connectivity index (χ1) is 9.24. The highest BCUT2D eigenvalue weighted by molar-refractivity contribution is 6.68. The zero-order chi connectivity index (χ0) is 15.3. The van der Waals surface area contributed by atoms with Crippen molar-refractivity contribution in [3.8, 4) is 11.5 Å². The van der Waals surface area contributed by atoms with E-state index in [1.165, 1.54) is 0 Å². The molecular weight excluding hydrogens is 325 g/mol. The molecule has 1 aromatic rings. The fourth-order valence-electron chi connectivity index (χ4n) is 1.26. The number of benzene rings is 1. The first-order valence-corrected chi connectivity index (χ1v) is 7.05. The van der Waals surface area contributed by atoms with Crippen LogP contribution in [0.15, 0.2) is 24.3 Å². The van der Waals surface area contributed by atoms with Gasteiger partial charge in [-0.05, 0) is 24.3 Å². The quantitative estimate of drug-likeness (QED) is 0.659. The summed E-state index contributed by atoms with van der Waals surface area (Å²) in [5.74, 6) is 0.610. The Morgan fingerprint density at radius 1 is 1.15 bits per heavy atom. The Bertz CT molecular complexity index is 443. The Morgan fingerprint density at radius 3 is 2.05 bits per heavy atom. The minimum absolute atomic E-state index is 0.246. The van der Waals surface area contributed by atoms with Crippen LogP contribution in [0.25, 0.3) is 0 Å². The average Bonchev–Trinajstić information content (AvgIpc) is 2.37.